The maximum Gasteiger partial charge on any atom is 0.306 e. The fourth-order valence-electron chi connectivity index (χ4n) is 7.86. The van der Waals surface area contributed by atoms with Gasteiger partial charge in [0.15, 0.2) is 6.10 Å². The van der Waals surface area contributed by atoms with Gasteiger partial charge >= 0.3 is 17.9 Å². The van der Waals surface area contributed by atoms with Crippen molar-refractivity contribution >= 4 is 17.9 Å². The molecule has 0 aliphatic heterocycles. The zero-order chi connectivity index (χ0) is 42.4. The molecule has 0 aromatic carbocycles. The van der Waals surface area contributed by atoms with Gasteiger partial charge in [-0.3, -0.25) is 14.4 Å². The van der Waals surface area contributed by atoms with E-state index in [1.807, 2.05) is 0 Å². The van der Waals surface area contributed by atoms with Gasteiger partial charge in [0.25, 0.3) is 0 Å². The molecule has 6 heteroatoms. The minimum Gasteiger partial charge on any atom is -0.462 e. The van der Waals surface area contributed by atoms with E-state index in [1.54, 1.807) is 0 Å². The van der Waals surface area contributed by atoms with Crippen LogP contribution in [0.3, 0.4) is 0 Å². The second-order valence-corrected chi connectivity index (χ2v) is 18.3. The number of carbonyl (C=O) groups excluding carboxylic acids is 3. The summed E-state index contributed by atoms with van der Waals surface area (Å²) in [4.78, 5) is 37.8. The van der Waals surface area contributed by atoms with Crippen molar-refractivity contribution < 1.29 is 28.6 Å². The molecule has 0 fully saturated rings. The highest BCUT2D eigenvalue weighted by Gasteiger charge is 2.19. The van der Waals surface area contributed by atoms with Gasteiger partial charge in [-0.15, -0.1) is 0 Å². The normalized spacial score (nSPS) is 11.9. The van der Waals surface area contributed by atoms with E-state index in [4.69, 9.17) is 14.2 Å². The molecule has 6 nitrogen and oxygen atoms in total. The van der Waals surface area contributed by atoms with E-state index in [2.05, 4.69) is 27.7 Å². The lowest BCUT2D eigenvalue weighted by Crippen LogP contribution is -2.30. The summed E-state index contributed by atoms with van der Waals surface area (Å²) in [5, 5.41) is 0. The first kappa shape index (κ1) is 56.4. The highest BCUT2D eigenvalue weighted by molar-refractivity contribution is 5.71. The van der Waals surface area contributed by atoms with E-state index in [0.717, 1.165) is 63.7 Å². The van der Waals surface area contributed by atoms with Crippen molar-refractivity contribution in [2.24, 2.45) is 5.92 Å². The predicted molar refractivity (Wildman–Crippen MR) is 247 cm³/mol. The Kier molecular flexibility index (Phi) is 45.2. The van der Waals surface area contributed by atoms with Crippen LogP contribution in [0, 0.1) is 5.92 Å². The van der Waals surface area contributed by atoms with E-state index < -0.39 is 6.10 Å². The Labute approximate surface area is 361 Å². The van der Waals surface area contributed by atoms with Crippen LogP contribution >= 0.6 is 0 Å². The predicted octanol–water partition coefficient (Wildman–Crippen LogP) is 16.7. The van der Waals surface area contributed by atoms with E-state index in [9.17, 15) is 14.4 Å². The third-order valence-electron chi connectivity index (χ3n) is 11.8. The van der Waals surface area contributed by atoms with E-state index >= 15 is 0 Å². The first-order valence-electron chi connectivity index (χ1n) is 25.9. The second kappa shape index (κ2) is 46.5. The Bertz CT molecular complexity index is 872. The van der Waals surface area contributed by atoms with Crippen molar-refractivity contribution in [3.05, 3.63) is 0 Å². The van der Waals surface area contributed by atoms with Crippen LogP contribution in [0.25, 0.3) is 0 Å². The fourth-order valence-corrected chi connectivity index (χ4v) is 7.86. The van der Waals surface area contributed by atoms with Crippen LogP contribution in [0.2, 0.25) is 0 Å². The van der Waals surface area contributed by atoms with Crippen molar-refractivity contribution in [2.45, 2.75) is 297 Å². The Hall–Kier alpha value is -1.59. The summed E-state index contributed by atoms with van der Waals surface area (Å²) >= 11 is 0. The van der Waals surface area contributed by atoms with Crippen LogP contribution in [0.4, 0.5) is 0 Å². The molecule has 0 saturated heterocycles. The van der Waals surface area contributed by atoms with Crippen LogP contribution in [-0.2, 0) is 28.6 Å². The smallest absolute Gasteiger partial charge is 0.306 e. The quantitative estimate of drug-likeness (QED) is 0.0346. The first-order valence-corrected chi connectivity index (χ1v) is 25.9. The molecule has 0 heterocycles. The topological polar surface area (TPSA) is 78.9 Å². The Balaban J connectivity index is 4.23. The molecule has 58 heavy (non-hydrogen) atoms. The van der Waals surface area contributed by atoms with Gasteiger partial charge < -0.3 is 14.2 Å². The summed E-state index contributed by atoms with van der Waals surface area (Å²) in [5.41, 5.74) is 0. The molecule has 0 N–H and O–H groups in total. The maximum atomic E-state index is 12.8. The maximum absolute atomic E-state index is 12.8. The summed E-state index contributed by atoms with van der Waals surface area (Å²) in [5.74, 6) is -0.0407. The summed E-state index contributed by atoms with van der Waals surface area (Å²) in [6, 6.07) is 0. The third kappa shape index (κ3) is 45.5. The van der Waals surface area contributed by atoms with Crippen LogP contribution in [-0.4, -0.2) is 37.2 Å². The van der Waals surface area contributed by atoms with Crippen LogP contribution in [0.1, 0.15) is 291 Å². The molecule has 0 unspecified atom stereocenters. The van der Waals surface area contributed by atoms with Crippen molar-refractivity contribution in [1.82, 2.24) is 0 Å². The first-order chi connectivity index (χ1) is 28.4. The molecule has 0 aliphatic rings. The molecule has 0 aromatic heterocycles. The molecule has 0 radical (unpaired) electrons. The zero-order valence-electron chi connectivity index (χ0n) is 39.5. The molecule has 0 rings (SSSR count). The molecule has 0 amide bonds. The number of ether oxygens (including phenoxy) is 3. The largest absolute Gasteiger partial charge is 0.462 e. The average molecular weight is 821 g/mol. The van der Waals surface area contributed by atoms with Gasteiger partial charge in [-0.05, 0) is 25.2 Å². The molecule has 0 aliphatic carbocycles. The molecule has 0 bridgehead atoms. The summed E-state index contributed by atoms with van der Waals surface area (Å²) in [7, 11) is 0. The molecular weight excluding hydrogens is 721 g/mol. The Morgan fingerprint density at radius 3 is 0.845 bits per heavy atom. The van der Waals surface area contributed by atoms with E-state index in [-0.39, 0.29) is 31.1 Å². The number of hydrogen-bond donors (Lipinski definition) is 0. The number of hydrogen-bond acceptors (Lipinski definition) is 6. The highest BCUT2D eigenvalue weighted by Crippen LogP contribution is 2.17. The Morgan fingerprint density at radius 1 is 0.328 bits per heavy atom. The third-order valence-corrected chi connectivity index (χ3v) is 11.8. The van der Waals surface area contributed by atoms with Crippen LogP contribution in [0.15, 0.2) is 0 Å². The van der Waals surface area contributed by atoms with Crippen molar-refractivity contribution in [3.63, 3.8) is 0 Å². The Morgan fingerprint density at radius 2 is 0.569 bits per heavy atom. The van der Waals surface area contributed by atoms with Gasteiger partial charge in [0, 0.05) is 19.3 Å². The number of unbranched alkanes of at least 4 members (excludes halogenated alkanes) is 34. The molecule has 1 atom stereocenters. The lowest BCUT2D eigenvalue weighted by atomic mass is 10.0. The van der Waals surface area contributed by atoms with Crippen LogP contribution < -0.4 is 0 Å². The molecule has 0 saturated carbocycles. The fraction of sp³-hybridized carbons (Fsp3) is 0.942. The van der Waals surface area contributed by atoms with Gasteiger partial charge in [0.2, 0.25) is 0 Å². The average Bonchev–Trinajstić information content (AvgIpc) is 3.21. The second-order valence-electron chi connectivity index (χ2n) is 18.3. The van der Waals surface area contributed by atoms with Crippen molar-refractivity contribution in [3.8, 4) is 0 Å². The van der Waals surface area contributed by atoms with E-state index in [1.165, 1.54) is 186 Å². The standard InChI is InChI=1S/C52H100O6/c1-5-7-9-11-13-15-16-17-18-19-20-21-22-23-24-28-33-37-41-45-52(55)58-49(46-56-50(53)43-39-35-31-26-14-12-10-8-6-2)47-57-51(54)44-40-36-32-29-25-27-30-34-38-42-48(3)4/h48-49H,5-47H2,1-4H3/t49-/m1/s1. The highest BCUT2D eigenvalue weighted by atomic mass is 16.6. The SMILES string of the molecule is CCCCCCCCCCCCCCCCCCCCCC(=O)O[C@H](COC(=O)CCCCCCCCCCC)COC(=O)CCCCCCCCCCCC(C)C. The summed E-state index contributed by atoms with van der Waals surface area (Å²) in [6.07, 6.45) is 48.1. The van der Waals surface area contributed by atoms with Crippen LogP contribution in [0.5, 0.6) is 0 Å². The van der Waals surface area contributed by atoms with Gasteiger partial charge in [-0.2, -0.15) is 0 Å². The van der Waals surface area contributed by atoms with Gasteiger partial charge in [-0.1, -0.05) is 252 Å². The van der Waals surface area contributed by atoms with Crippen molar-refractivity contribution in [1.29, 1.82) is 0 Å². The molecular formula is C52H100O6. The number of esters is 3. The molecule has 344 valence electrons. The summed E-state index contributed by atoms with van der Waals surface area (Å²) < 4.78 is 16.8. The summed E-state index contributed by atoms with van der Waals surface area (Å²) in [6.45, 7) is 8.99. The zero-order valence-corrected chi connectivity index (χ0v) is 39.5. The van der Waals surface area contributed by atoms with Crippen molar-refractivity contribution in [2.75, 3.05) is 13.2 Å². The van der Waals surface area contributed by atoms with Gasteiger partial charge in [0.1, 0.15) is 13.2 Å². The molecule has 0 spiro atoms. The monoisotopic (exact) mass is 821 g/mol. The van der Waals surface area contributed by atoms with Gasteiger partial charge in [-0.25, -0.2) is 0 Å². The lowest BCUT2D eigenvalue weighted by Gasteiger charge is -2.18. The number of rotatable bonds is 47. The molecule has 0 aromatic rings. The van der Waals surface area contributed by atoms with Gasteiger partial charge in [0.05, 0.1) is 0 Å². The minimum absolute atomic E-state index is 0.0635. The minimum atomic E-state index is -0.760. The lowest BCUT2D eigenvalue weighted by molar-refractivity contribution is -0.167. The van der Waals surface area contributed by atoms with E-state index in [0.29, 0.717) is 19.3 Å². The number of carbonyl (C=O) groups is 3.